The molecule has 0 bridgehead atoms. The summed E-state index contributed by atoms with van der Waals surface area (Å²) in [7, 11) is 3.21. The standard InChI is InChI=1S/C20H24N2O3S/c1-24-18-5-3-16(13-19(18)25-2)4-6-20(23)22-10-8-21(9-11-22)14-17-7-12-26-15-17/h3-7,12-13,15H,8-11,14H2,1-2H3/p+1/b6-4+. The molecule has 0 spiro atoms. The fourth-order valence-electron chi connectivity index (χ4n) is 3.13. The van der Waals surface area contributed by atoms with Gasteiger partial charge in [0.25, 0.3) is 0 Å². The molecule has 0 atom stereocenters. The van der Waals surface area contributed by atoms with Crippen LogP contribution in [0.5, 0.6) is 11.5 Å². The normalized spacial score (nSPS) is 15.4. The molecule has 1 saturated heterocycles. The number of piperazine rings is 1. The fourth-order valence-corrected chi connectivity index (χ4v) is 3.80. The Morgan fingerprint density at radius 1 is 1.19 bits per heavy atom. The van der Waals surface area contributed by atoms with Crippen molar-refractivity contribution in [1.82, 2.24) is 4.90 Å². The molecule has 0 radical (unpaired) electrons. The van der Waals surface area contributed by atoms with E-state index in [0.717, 1.165) is 38.3 Å². The number of quaternary nitrogens is 1. The van der Waals surface area contributed by atoms with Crippen LogP contribution in [0.3, 0.4) is 0 Å². The average molecular weight is 373 g/mol. The summed E-state index contributed by atoms with van der Waals surface area (Å²) in [5.74, 6) is 1.41. The lowest BCUT2D eigenvalue weighted by atomic mass is 10.2. The second-order valence-corrected chi connectivity index (χ2v) is 7.11. The van der Waals surface area contributed by atoms with Gasteiger partial charge in [0.2, 0.25) is 5.91 Å². The molecule has 1 amide bonds. The predicted molar refractivity (Wildman–Crippen MR) is 104 cm³/mol. The number of nitrogens with zero attached hydrogens (tertiary/aromatic N) is 1. The van der Waals surface area contributed by atoms with Gasteiger partial charge in [-0.3, -0.25) is 4.79 Å². The van der Waals surface area contributed by atoms with Crippen molar-refractivity contribution >= 4 is 23.3 Å². The lowest BCUT2D eigenvalue weighted by Gasteiger charge is -2.31. The van der Waals surface area contributed by atoms with Crippen LogP contribution in [0.1, 0.15) is 11.1 Å². The second kappa shape index (κ2) is 8.87. The zero-order valence-electron chi connectivity index (χ0n) is 15.2. The Bertz CT molecular complexity index is 750. The number of rotatable bonds is 6. The number of amides is 1. The van der Waals surface area contributed by atoms with Gasteiger partial charge in [-0.05, 0) is 40.6 Å². The molecule has 26 heavy (non-hydrogen) atoms. The van der Waals surface area contributed by atoms with Crippen molar-refractivity contribution in [3.8, 4) is 11.5 Å². The van der Waals surface area contributed by atoms with Gasteiger partial charge in [0.15, 0.2) is 11.5 Å². The van der Waals surface area contributed by atoms with Gasteiger partial charge >= 0.3 is 0 Å². The van der Waals surface area contributed by atoms with Gasteiger partial charge in [-0.2, -0.15) is 11.3 Å². The predicted octanol–water partition coefficient (Wildman–Crippen LogP) is 1.71. The Morgan fingerprint density at radius 3 is 2.62 bits per heavy atom. The topological polar surface area (TPSA) is 43.2 Å². The first kappa shape index (κ1) is 18.5. The first-order valence-electron chi connectivity index (χ1n) is 8.73. The summed E-state index contributed by atoms with van der Waals surface area (Å²) in [4.78, 5) is 15.9. The van der Waals surface area contributed by atoms with Gasteiger partial charge in [-0.15, -0.1) is 0 Å². The summed E-state index contributed by atoms with van der Waals surface area (Å²) in [5.41, 5.74) is 2.30. The van der Waals surface area contributed by atoms with Gasteiger partial charge in [-0.25, -0.2) is 0 Å². The van der Waals surface area contributed by atoms with Crippen molar-refractivity contribution in [2.24, 2.45) is 0 Å². The number of nitrogens with one attached hydrogen (secondary N) is 1. The van der Waals surface area contributed by atoms with Crippen LogP contribution in [-0.2, 0) is 11.3 Å². The molecule has 1 aromatic heterocycles. The lowest BCUT2D eigenvalue weighted by molar-refractivity contribution is -0.917. The maximum absolute atomic E-state index is 12.4. The smallest absolute Gasteiger partial charge is 0.246 e. The van der Waals surface area contributed by atoms with Crippen molar-refractivity contribution in [3.05, 3.63) is 52.2 Å². The molecule has 3 rings (SSSR count). The highest BCUT2D eigenvalue weighted by Crippen LogP contribution is 2.27. The van der Waals surface area contributed by atoms with E-state index in [4.69, 9.17) is 9.47 Å². The van der Waals surface area contributed by atoms with Gasteiger partial charge in [0.05, 0.1) is 40.4 Å². The summed E-state index contributed by atoms with van der Waals surface area (Å²) in [5, 5.41) is 4.32. The van der Waals surface area contributed by atoms with Crippen molar-refractivity contribution in [1.29, 1.82) is 0 Å². The Labute approximate surface area is 158 Å². The van der Waals surface area contributed by atoms with Gasteiger partial charge in [0.1, 0.15) is 6.54 Å². The van der Waals surface area contributed by atoms with Crippen LogP contribution in [0.2, 0.25) is 0 Å². The number of carbonyl (C=O) groups excluding carboxylic acids is 1. The lowest BCUT2D eigenvalue weighted by Crippen LogP contribution is -3.13. The van der Waals surface area contributed by atoms with Crippen LogP contribution in [-0.4, -0.2) is 51.2 Å². The number of hydrogen-bond acceptors (Lipinski definition) is 4. The first-order valence-corrected chi connectivity index (χ1v) is 9.67. The molecule has 0 unspecified atom stereocenters. The molecular weight excluding hydrogens is 348 g/mol. The highest BCUT2D eigenvalue weighted by molar-refractivity contribution is 7.07. The molecular formula is C20H25N2O3S+. The molecule has 1 fully saturated rings. The van der Waals surface area contributed by atoms with E-state index in [2.05, 4.69) is 16.8 Å². The highest BCUT2D eigenvalue weighted by atomic mass is 32.1. The zero-order chi connectivity index (χ0) is 18.4. The number of methoxy groups -OCH3 is 2. The summed E-state index contributed by atoms with van der Waals surface area (Å²) in [6, 6.07) is 7.80. The molecule has 0 saturated carbocycles. The summed E-state index contributed by atoms with van der Waals surface area (Å²) in [6.45, 7) is 4.63. The van der Waals surface area contributed by atoms with Crippen LogP contribution in [0, 0.1) is 0 Å². The van der Waals surface area contributed by atoms with Crippen molar-refractivity contribution in [2.75, 3.05) is 40.4 Å². The van der Waals surface area contributed by atoms with E-state index in [-0.39, 0.29) is 5.91 Å². The summed E-state index contributed by atoms with van der Waals surface area (Å²) in [6.07, 6.45) is 3.47. The number of thiophene rings is 1. The summed E-state index contributed by atoms with van der Waals surface area (Å²) < 4.78 is 10.5. The van der Waals surface area contributed by atoms with Crippen LogP contribution < -0.4 is 14.4 Å². The quantitative estimate of drug-likeness (QED) is 0.784. The Balaban J connectivity index is 1.53. The van der Waals surface area contributed by atoms with Crippen molar-refractivity contribution in [2.45, 2.75) is 6.54 Å². The van der Waals surface area contributed by atoms with E-state index in [1.165, 1.54) is 10.5 Å². The first-order chi connectivity index (χ1) is 12.7. The molecule has 5 nitrogen and oxygen atoms in total. The molecule has 2 heterocycles. The van der Waals surface area contributed by atoms with E-state index >= 15 is 0 Å². The Morgan fingerprint density at radius 2 is 1.96 bits per heavy atom. The highest BCUT2D eigenvalue weighted by Gasteiger charge is 2.22. The fraction of sp³-hybridized carbons (Fsp3) is 0.350. The maximum atomic E-state index is 12.4. The minimum atomic E-state index is 0.0642. The largest absolute Gasteiger partial charge is 0.493 e. The molecule has 1 N–H and O–H groups in total. The molecule has 1 aromatic carbocycles. The van der Waals surface area contributed by atoms with Crippen LogP contribution in [0.4, 0.5) is 0 Å². The third-order valence-corrected chi connectivity index (χ3v) is 5.37. The second-order valence-electron chi connectivity index (χ2n) is 6.33. The Hall–Kier alpha value is -2.31. The van der Waals surface area contributed by atoms with Gasteiger partial charge < -0.3 is 19.3 Å². The van der Waals surface area contributed by atoms with E-state index in [1.54, 1.807) is 31.6 Å². The molecule has 0 aliphatic carbocycles. The number of ether oxygens (including phenoxy) is 2. The van der Waals surface area contributed by atoms with Gasteiger partial charge in [0, 0.05) is 11.6 Å². The van der Waals surface area contributed by atoms with Gasteiger partial charge in [-0.1, -0.05) is 6.07 Å². The molecule has 1 aliphatic heterocycles. The van der Waals surface area contributed by atoms with E-state index in [0.29, 0.717) is 11.5 Å². The third-order valence-electron chi connectivity index (χ3n) is 4.64. The minimum Gasteiger partial charge on any atom is -0.493 e. The monoisotopic (exact) mass is 373 g/mol. The van der Waals surface area contributed by atoms with Crippen molar-refractivity contribution < 1.29 is 19.2 Å². The number of benzene rings is 1. The maximum Gasteiger partial charge on any atom is 0.246 e. The Kier molecular flexibility index (Phi) is 6.30. The number of hydrogen-bond donors (Lipinski definition) is 1. The molecule has 2 aromatic rings. The van der Waals surface area contributed by atoms with Crippen molar-refractivity contribution in [3.63, 3.8) is 0 Å². The SMILES string of the molecule is COc1ccc(/C=C/C(=O)N2CC[NH+](Cc3ccsc3)CC2)cc1OC. The average Bonchev–Trinajstić information content (AvgIpc) is 3.19. The van der Waals surface area contributed by atoms with Crippen LogP contribution >= 0.6 is 11.3 Å². The number of carbonyl (C=O) groups is 1. The molecule has 1 aliphatic rings. The van der Waals surface area contributed by atoms with E-state index in [9.17, 15) is 4.79 Å². The van der Waals surface area contributed by atoms with E-state index < -0.39 is 0 Å². The molecule has 6 heteroatoms. The third kappa shape index (κ3) is 4.65. The minimum absolute atomic E-state index is 0.0642. The van der Waals surface area contributed by atoms with E-state index in [1.807, 2.05) is 29.2 Å². The van der Waals surface area contributed by atoms with Crippen LogP contribution in [0.15, 0.2) is 41.1 Å². The zero-order valence-corrected chi connectivity index (χ0v) is 16.1. The van der Waals surface area contributed by atoms with Crippen LogP contribution in [0.25, 0.3) is 6.08 Å². The molecule has 138 valence electrons. The summed E-state index contributed by atoms with van der Waals surface area (Å²) >= 11 is 1.74.